The highest BCUT2D eigenvalue weighted by Gasteiger charge is 2.14. The molecular formula is C30H56O4. The Labute approximate surface area is 211 Å². The molecular weight excluding hydrogens is 424 g/mol. The summed E-state index contributed by atoms with van der Waals surface area (Å²) >= 11 is 0. The first-order valence-electron chi connectivity index (χ1n) is 14.7. The molecule has 0 aromatic carbocycles. The van der Waals surface area contributed by atoms with Gasteiger partial charge in [-0.05, 0) is 57.8 Å². The van der Waals surface area contributed by atoms with E-state index in [1.165, 1.54) is 77.0 Å². The number of allylic oxidation sites excluding steroid dienone is 2. The smallest absolute Gasteiger partial charge is 0.306 e. The Kier molecular flexibility index (Phi) is 25.3. The first-order chi connectivity index (χ1) is 16.6. The van der Waals surface area contributed by atoms with Crippen LogP contribution in [0.1, 0.15) is 162 Å². The minimum absolute atomic E-state index is 0.0262. The van der Waals surface area contributed by atoms with Gasteiger partial charge < -0.3 is 9.84 Å². The van der Waals surface area contributed by atoms with Gasteiger partial charge in [0, 0.05) is 12.8 Å². The first kappa shape index (κ1) is 32.7. The van der Waals surface area contributed by atoms with E-state index in [1.54, 1.807) is 0 Å². The van der Waals surface area contributed by atoms with Crippen LogP contribution in [0, 0.1) is 0 Å². The fourth-order valence-electron chi connectivity index (χ4n) is 4.28. The van der Waals surface area contributed by atoms with Crippen LogP contribution in [-0.2, 0) is 14.3 Å². The molecule has 0 saturated heterocycles. The number of carbonyl (C=O) groups is 2. The van der Waals surface area contributed by atoms with Gasteiger partial charge in [0.2, 0.25) is 0 Å². The highest BCUT2D eigenvalue weighted by molar-refractivity contribution is 5.69. The van der Waals surface area contributed by atoms with Crippen molar-refractivity contribution in [3.05, 3.63) is 12.2 Å². The van der Waals surface area contributed by atoms with Crippen LogP contribution in [0.15, 0.2) is 12.2 Å². The fourth-order valence-corrected chi connectivity index (χ4v) is 4.28. The average Bonchev–Trinajstić information content (AvgIpc) is 2.81. The second-order valence-electron chi connectivity index (χ2n) is 9.94. The molecule has 200 valence electrons. The molecule has 0 saturated carbocycles. The van der Waals surface area contributed by atoms with E-state index < -0.39 is 5.97 Å². The zero-order chi connectivity index (χ0) is 25.1. The predicted octanol–water partition coefficient (Wildman–Crippen LogP) is 9.55. The maximum absolute atomic E-state index is 12.4. The van der Waals surface area contributed by atoms with E-state index in [0.29, 0.717) is 6.42 Å². The van der Waals surface area contributed by atoms with E-state index in [0.717, 1.165) is 57.8 Å². The molecule has 0 aliphatic rings. The second kappa shape index (κ2) is 26.3. The van der Waals surface area contributed by atoms with Gasteiger partial charge in [0.05, 0.1) is 0 Å². The molecule has 0 amide bonds. The summed E-state index contributed by atoms with van der Waals surface area (Å²) in [4.78, 5) is 23.0. The zero-order valence-corrected chi connectivity index (χ0v) is 22.7. The van der Waals surface area contributed by atoms with Crippen LogP contribution in [0.4, 0.5) is 0 Å². The Morgan fingerprint density at radius 1 is 0.618 bits per heavy atom. The third-order valence-corrected chi connectivity index (χ3v) is 6.49. The first-order valence-corrected chi connectivity index (χ1v) is 14.7. The monoisotopic (exact) mass is 480 g/mol. The second-order valence-corrected chi connectivity index (χ2v) is 9.94. The molecule has 0 aliphatic carbocycles. The van der Waals surface area contributed by atoms with Gasteiger partial charge in [-0.2, -0.15) is 0 Å². The third kappa shape index (κ3) is 25.3. The molecule has 0 fully saturated rings. The summed E-state index contributed by atoms with van der Waals surface area (Å²) < 4.78 is 5.86. The van der Waals surface area contributed by atoms with Crippen molar-refractivity contribution in [2.75, 3.05) is 0 Å². The number of hydrogen-bond donors (Lipinski definition) is 1. The van der Waals surface area contributed by atoms with Crippen LogP contribution < -0.4 is 0 Å². The van der Waals surface area contributed by atoms with Gasteiger partial charge in [-0.25, -0.2) is 0 Å². The Morgan fingerprint density at radius 3 is 1.68 bits per heavy atom. The standard InChI is InChI=1S/C30H56O4/c1-3-5-7-9-10-11-12-13-14-15-17-23-27-30(33)34-28(24-20-16-8-6-4-2)25-21-18-19-22-26-29(31)32/h9-10,28H,3-8,11-27H2,1-2H3,(H,31,32)/b10-9-. The van der Waals surface area contributed by atoms with Crippen LogP contribution in [0.3, 0.4) is 0 Å². The van der Waals surface area contributed by atoms with Crippen LogP contribution in [0.25, 0.3) is 0 Å². The summed E-state index contributed by atoms with van der Waals surface area (Å²) in [6, 6.07) is 0. The van der Waals surface area contributed by atoms with Gasteiger partial charge in [-0.15, -0.1) is 0 Å². The number of unbranched alkanes of at least 4 members (excludes halogenated alkanes) is 15. The molecule has 4 nitrogen and oxygen atoms in total. The fraction of sp³-hybridized carbons (Fsp3) is 0.867. The van der Waals surface area contributed by atoms with E-state index in [2.05, 4.69) is 26.0 Å². The topological polar surface area (TPSA) is 63.6 Å². The van der Waals surface area contributed by atoms with Crippen molar-refractivity contribution in [1.82, 2.24) is 0 Å². The van der Waals surface area contributed by atoms with E-state index >= 15 is 0 Å². The molecule has 0 rings (SSSR count). The van der Waals surface area contributed by atoms with Crippen molar-refractivity contribution >= 4 is 11.9 Å². The lowest BCUT2D eigenvalue weighted by Crippen LogP contribution is -2.18. The van der Waals surface area contributed by atoms with Crippen molar-refractivity contribution in [3.8, 4) is 0 Å². The van der Waals surface area contributed by atoms with Gasteiger partial charge in [-0.3, -0.25) is 9.59 Å². The number of carboxylic acids is 1. The van der Waals surface area contributed by atoms with Crippen molar-refractivity contribution in [3.63, 3.8) is 0 Å². The molecule has 1 atom stereocenters. The number of carboxylic acid groups (broad SMARTS) is 1. The van der Waals surface area contributed by atoms with Gasteiger partial charge in [0.25, 0.3) is 0 Å². The van der Waals surface area contributed by atoms with Gasteiger partial charge in [0.15, 0.2) is 0 Å². The Bertz CT molecular complexity index is 486. The quantitative estimate of drug-likeness (QED) is 0.0760. The molecule has 1 N–H and O–H groups in total. The molecule has 0 bridgehead atoms. The molecule has 0 radical (unpaired) electrons. The summed E-state index contributed by atoms with van der Waals surface area (Å²) in [6.07, 6.45) is 29.3. The van der Waals surface area contributed by atoms with Crippen molar-refractivity contribution in [2.24, 2.45) is 0 Å². The molecule has 0 heterocycles. The SMILES string of the molecule is CCCC/C=C\CCCCCCCCC(=O)OC(CCCCCCC)CCCCCCC(=O)O. The number of aliphatic carboxylic acids is 1. The molecule has 0 spiro atoms. The predicted molar refractivity (Wildman–Crippen MR) is 144 cm³/mol. The van der Waals surface area contributed by atoms with Crippen LogP contribution in [-0.4, -0.2) is 23.1 Å². The summed E-state index contributed by atoms with van der Waals surface area (Å²) in [5.74, 6) is -0.740. The van der Waals surface area contributed by atoms with E-state index in [1.807, 2.05) is 0 Å². The van der Waals surface area contributed by atoms with Crippen LogP contribution in [0.5, 0.6) is 0 Å². The lowest BCUT2D eigenvalue weighted by molar-refractivity contribution is -0.150. The number of rotatable bonds is 26. The summed E-state index contributed by atoms with van der Waals surface area (Å²) in [5, 5.41) is 8.74. The molecule has 0 aromatic rings. The normalized spacial score (nSPS) is 12.3. The molecule has 1 unspecified atom stereocenters. The highest BCUT2D eigenvalue weighted by atomic mass is 16.5. The maximum Gasteiger partial charge on any atom is 0.306 e. The van der Waals surface area contributed by atoms with E-state index in [-0.39, 0.29) is 18.5 Å². The number of esters is 1. The van der Waals surface area contributed by atoms with Crippen LogP contribution >= 0.6 is 0 Å². The zero-order valence-electron chi connectivity index (χ0n) is 22.7. The van der Waals surface area contributed by atoms with Gasteiger partial charge in [0.1, 0.15) is 6.10 Å². The Hall–Kier alpha value is -1.32. The molecule has 34 heavy (non-hydrogen) atoms. The largest absolute Gasteiger partial charge is 0.481 e. The Morgan fingerprint density at radius 2 is 1.09 bits per heavy atom. The number of carbonyl (C=O) groups excluding carboxylic acids is 1. The summed E-state index contributed by atoms with van der Waals surface area (Å²) in [7, 11) is 0. The van der Waals surface area contributed by atoms with Gasteiger partial charge in [-0.1, -0.05) is 103 Å². The summed E-state index contributed by atoms with van der Waals surface area (Å²) in [5.41, 5.74) is 0. The van der Waals surface area contributed by atoms with E-state index in [4.69, 9.17) is 9.84 Å². The third-order valence-electron chi connectivity index (χ3n) is 6.49. The van der Waals surface area contributed by atoms with Crippen molar-refractivity contribution in [2.45, 2.75) is 168 Å². The number of ether oxygens (including phenoxy) is 1. The number of hydrogen-bond acceptors (Lipinski definition) is 3. The van der Waals surface area contributed by atoms with Gasteiger partial charge >= 0.3 is 11.9 Å². The average molecular weight is 481 g/mol. The van der Waals surface area contributed by atoms with Crippen molar-refractivity contribution in [1.29, 1.82) is 0 Å². The minimum atomic E-state index is -0.714. The van der Waals surface area contributed by atoms with E-state index in [9.17, 15) is 9.59 Å². The van der Waals surface area contributed by atoms with Crippen LogP contribution in [0.2, 0.25) is 0 Å². The lowest BCUT2D eigenvalue weighted by atomic mass is 10.0. The lowest BCUT2D eigenvalue weighted by Gasteiger charge is -2.18. The molecule has 0 aliphatic heterocycles. The highest BCUT2D eigenvalue weighted by Crippen LogP contribution is 2.18. The molecule has 0 aromatic heterocycles. The Balaban J connectivity index is 3.92. The van der Waals surface area contributed by atoms with Crippen molar-refractivity contribution < 1.29 is 19.4 Å². The minimum Gasteiger partial charge on any atom is -0.481 e. The maximum atomic E-state index is 12.4. The summed E-state index contributed by atoms with van der Waals surface area (Å²) in [6.45, 7) is 4.46. The molecule has 4 heteroatoms.